The summed E-state index contributed by atoms with van der Waals surface area (Å²) in [4.78, 5) is 14.3. The second-order valence-corrected chi connectivity index (χ2v) is 9.93. The van der Waals surface area contributed by atoms with Crippen molar-refractivity contribution in [2.24, 2.45) is 0 Å². The van der Waals surface area contributed by atoms with Crippen molar-refractivity contribution in [2.45, 2.75) is 18.2 Å². The Hall–Kier alpha value is -3.30. The van der Waals surface area contributed by atoms with Crippen LogP contribution in [0.3, 0.4) is 0 Å². The minimum Gasteiger partial charge on any atom is -0.367 e. The van der Waals surface area contributed by atoms with Gasteiger partial charge in [-0.2, -0.15) is 4.31 Å². The van der Waals surface area contributed by atoms with E-state index in [4.69, 9.17) is 0 Å². The third-order valence-electron chi connectivity index (χ3n) is 5.87. The van der Waals surface area contributed by atoms with Crippen molar-refractivity contribution in [3.05, 3.63) is 89.5 Å². The molecule has 3 aromatic carbocycles. The predicted octanol–water partition coefficient (Wildman–Crippen LogP) is 4.29. The Morgan fingerprint density at radius 2 is 1.59 bits per heavy atom. The minimum absolute atomic E-state index is 0.138. The Morgan fingerprint density at radius 1 is 0.912 bits per heavy atom. The molecule has 0 spiro atoms. The van der Waals surface area contributed by atoms with Crippen LogP contribution in [0.4, 0.5) is 20.2 Å². The van der Waals surface area contributed by atoms with Gasteiger partial charge in [0.05, 0.1) is 16.1 Å². The lowest BCUT2D eigenvalue weighted by Gasteiger charge is -2.35. The third-order valence-corrected chi connectivity index (χ3v) is 7.77. The van der Waals surface area contributed by atoms with Crippen LogP contribution in [0.15, 0.2) is 71.6 Å². The molecule has 1 aliphatic rings. The Bertz CT molecular complexity index is 1290. The SMILES string of the molecule is CCc1ccc(NC(=O)c2cc(S(=O)(=O)N3CCN(c4ccccc4F)CC3)ccc2F)cc1. The summed E-state index contributed by atoms with van der Waals surface area (Å²) in [6.45, 7) is 2.90. The summed E-state index contributed by atoms with van der Waals surface area (Å²) >= 11 is 0. The van der Waals surface area contributed by atoms with Gasteiger partial charge in [0.2, 0.25) is 10.0 Å². The zero-order chi connectivity index (χ0) is 24.3. The van der Waals surface area contributed by atoms with Crippen LogP contribution in [0.1, 0.15) is 22.8 Å². The maximum atomic E-state index is 14.4. The van der Waals surface area contributed by atoms with Crippen LogP contribution < -0.4 is 10.2 Å². The number of amides is 1. The van der Waals surface area contributed by atoms with Crippen molar-refractivity contribution in [3.63, 3.8) is 0 Å². The van der Waals surface area contributed by atoms with E-state index in [1.807, 2.05) is 19.1 Å². The molecular formula is C25H25F2N3O3S. The summed E-state index contributed by atoms with van der Waals surface area (Å²) in [7, 11) is -3.97. The second-order valence-electron chi connectivity index (χ2n) is 7.99. The predicted molar refractivity (Wildman–Crippen MR) is 128 cm³/mol. The molecule has 0 unspecified atom stereocenters. The Labute approximate surface area is 197 Å². The van der Waals surface area contributed by atoms with E-state index in [-0.39, 0.29) is 29.4 Å². The van der Waals surface area contributed by atoms with E-state index in [1.165, 1.54) is 10.4 Å². The topological polar surface area (TPSA) is 69.7 Å². The van der Waals surface area contributed by atoms with Crippen LogP contribution >= 0.6 is 0 Å². The lowest BCUT2D eigenvalue weighted by molar-refractivity contribution is 0.102. The largest absolute Gasteiger partial charge is 0.367 e. The average molecular weight is 486 g/mol. The van der Waals surface area contributed by atoms with Crippen LogP contribution in [0.25, 0.3) is 0 Å². The van der Waals surface area contributed by atoms with E-state index < -0.39 is 21.7 Å². The first-order valence-corrected chi connectivity index (χ1v) is 12.4. The molecule has 1 heterocycles. The fourth-order valence-electron chi connectivity index (χ4n) is 3.89. The first-order valence-electron chi connectivity index (χ1n) is 11.0. The summed E-state index contributed by atoms with van der Waals surface area (Å²) in [5.41, 5.74) is 1.64. The maximum absolute atomic E-state index is 14.4. The van der Waals surface area contributed by atoms with E-state index in [2.05, 4.69) is 5.32 Å². The van der Waals surface area contributed by atoms with Gasteiger partial charge in [0.1, 0.15) is 11.6 Å². The zero-order valence-electron chi connectivity index (χ0n) is 18.7. The molecule has 9 heteroatoms. The minimum atomic E-state index is -3.97. The zero-order valence-corrected chi connectivity index (χ0v) is 19.5. The highest BCUT2D eigenvalue weighted by atomic mass is 32.2. The first kappa shape index (κ1) is 23.8. The van der Waals surface area contributed by atoms with Gasteiger partial charge in [0.25, 0.3) is 5.91 Å². The number of sulfonamides is 1. The number of nitrogens with zero attached hydrogens (tertiary/aromatic N) is 2. The highest BCUT2D eigenvalue weighted by Crippen LogP contribution is 2.25. The molecule has 1 fully saturated rings. The fourth-order valence-corrected chi connectivity index (χ4v) is 5.34. The summed E-state index contributed by atoms with van der Waals surface area (Å²) in [5.74, 6) is -1.91. The summed E-state index contributed by atoms with van der Waals surface area (Å²) in [5, 5.41) is 2.61. The molecular weight excluding hydrogens is 460 g/mol. The maximum Gasteiger partial charge on any atom is 0.258 e. The summed E-state index contributed by atoms with van der Waals surface area (Å²) in [6.07, 6.45) is 0.845. The molecule has 0 saturated carbocycles. The van der Waals surface area contributed by atoms with Gasteiger partial charge >= 0.3 is 0 Å². The number of halogens is 2. The number of rotatable bonds is 6. The van der Waals surface area contributed by atoms with Gasteiger partial charge in [-0.1, -0.05) is 31.2 Å². The molecule has 6 nitrogen and oxygen atoms in total. The van der Waals surface area contributed by atoms with Crippen molar-refractivity contribution in [1.29, 1.82) is 0 Å². The van der Waals surface area contributed by atoms with Gasteiger partial charge in [-0.3, -0.25) is 4.79 Å². The molecule has 0 bridgehead atoms. The van der Waals surface area contributed by atoms with E-state index in [1.54, 1.807) is 35.2 Å². The van der Waals surface area contributed by atoms with Crippen LogP contribution in [0.5, 0.6) is 0 Å². The highest BCUT2D eigenvalue weighted by molar-refractivity contribution is 7.89. The van der Waals surface area contributed by atoms with Crippen molar-refractivity contribution >= 4 is 27.3 Å². The number of nitrogens with one attached hydrogen (secondary N) is 1. The van der Waals surface area contributed by atoms with Gasteiger partial charge in [0, 0.05) is 31.9 Å². The number of hydrogen-bond acceptors (Lipinski definition) is 4. The van der Waals surface area contributed by atoms with E-state index in [0.717, 1.165) is 30.2 Å². The molecule has 0 aromatic heterocycles. The number of carbonyl (C=O) groups excluding carboxylic acids is 1. The molecule has 1 amide bonds. The monoisotopic (exact) mass is 485 g/mol. The Kier molecular flexibility index (Phi) is 6.95. The highest BCUT2D eigenvalue weighted by Gasteiger charge is 2.30. The van der Waals surface area contributed by atoms with Gasteiger partial charge < -0.3 is 10.2 Å². The number of hydrogen-bond donors (Lipinski definition) is 1. The third kappa shape index (κ3) is 4.95. The number of benzene rings is 3. The van der Waals surface area contributed by atoms with Crippen molar-refractivity contribution in [3.8, 4) is 0 Å². The van der Waals surface area contributed by atoms with Gasteiger partial charge in [-0.15, -0.1) is 0 Å². The number of para-hydroxylation sites is 1. The lowest BCUT2D eigenvalue weighted by Crippen LogP contribution is -2.48. The standard InChI is InChI=1S/C25H25F2N3O3S/c1-2-18-7-9-19(10-8-18)28-25(31)21-17-20(11-12-22(21)26)34(32,33)30-15-13-29(14-16-30)24-6-4-3-5-23(24)27/h3-12,17H,2,13-16H2,1H3,(H,28,31). The van der Waals surface area contributed by atoms with Crippen LogP contribution in [-0.4, -0.2) is 44.8 Å². The first-order chi connectivity index (χ1) is 16.3. The molecule has 1 N–H and O–H groups in total. The number of carbonyl (C=O) groups is 1. The molecule has 4 rings (SSSR count). The van der Waals surface area contributed by atoms with Crippen molar-refractivity contribution in [1.82, 2.24) is 4.31 Å². The Balaban J connectivity index is 1.49. The summed E-state index contributed by atoms with van der Waals surface area (Å²) in [6, 6.07) is 16.7. The molecule has 178 valence electrons. The molecule has 1 saturated heterocycles. The molecule has 1 aliphatic heterocycles. The van der Waals surface area contributed by atoms with Crippen LogP contribution in [0, 0.1) is 11.6 Å². The molecule has 34 heavy (non-hydrogen) atoms. The molecule has 0 atom stereocenters. The molecule has 0 aliphatic carbocycles. The number of aryl methyl sites for hydroxylation is 1. The van der Waals surface area contributed by atoms with E-state index in [9.17, 15) is 22.0 Å². The smallest absolute Gasteiger partial charge is 0.258 e. The summed E-state index contributed by atoms with van der Waals surface area (Å²) < 4.78 is 56.2. The lowest BCUT2D eigenvalue weighted by atomic mass is 10.1. The van der Waals surface area contributed by atoms with Crippen LogP contribution in [0.2, 0.25) is 0 Å². The van der Waals surface area contributed by atoms with Crippen molar-refractivity contribution < 1.29 is 22.0 Å². The quantitative estimate of drug-likeness (QED) is 0.566. The average Bonchev–Trinajstić information content (AvgIpc) is 2.85. The fraction of sp³-hybridized carbons (Fsp3) is 0.240. The number of piperazine rings is 1. The van der Waals surface area contributed by atoms with Crippen LogP contribution in [-0.2, 0) is 16.4 Å². The number of anilines is 2. The van der Waals surface area contributed by atoms with Gasteiger partial charge in [0.15, 0.2) is 0 Å². The molecule has 3 aromatic rings. The van der Waals surface area contributed by atoms with Crippen molar-refractivity contribution in [2.75, 3.05) is 36.4 Å². The van der Waals surface area contributed by atoms with Gasteiger partial charge in [-0.05, 0) is 54.4 Å². The normalized spacial score (nSPS) is 14.7. The Morgan fingerprint density at radius 3 is 2.24 bits per heavy atom. The van der Waals surface area contributed by atoms with Gasteiger partial charge in [-0.25, -0.2) is 17.2 Å². The van der Waals surface area contributed by atoms with E-state index >= 15 is 0 Å². The van der Waals surface area contributed by atoms with E-state index in [0.29, 0.717) is 24.5 Å². The molecule has 0 radical (unpaired) electrons. The second kappa shape index (κ2) is 9.90.